The van der Waals surface area contributed by atoms with E-state index in [1.54, 1.807) is 0 Å². The lowest BCUT2D eigenvalue weighted by atomic mass is 9.70. The number of furan rings is 2. The summed E-state index contributed by atoms with van der Waals surface area (Å²) in [6, 6.07) is 43.7. The molecule has 0 saturated heterocycles. The van der Waals surface area contributed by atoms with Gasteiger partial charge in [-0.3, -0.25) is 0 Å². The van der Waals surface area contributed by atoms with Crippen molar-refractivity contribution in [1.82, 2.24) is 0 Å². The maximum absolute atomic E-state index is 7.03. The van der Waals surface area contributed by atoms with Crippen LogP contribution in [0.2, 0.25) is 0 Å². The Kier molecular flexibility index (Phi) is 8.75. The molecule has 4 aliphatic rings. The molecule has 0 spiro atoms. The van der Waals surface area contributed by atoms with Gasteiger partial charge >= 0.3 is 0 Å². The summed E-state index contributed by atoms with van der Waals surface area (Å²) in [5.41, 5.74) is 18.4. The van der Waals surface area contributed by atoms with E-state index in [1.165, 1.54) is 99.5 Å². The van der Waals surface area contributed by atoms with Gasteiger partial charge in [-0.25, -0.2) is 0 Å². The lowest BCUT2D eigenvalue weighted by molar-refractivity contribution is 0.438. The fourth-order valence-corrected chi connectivity index (χ4v) is 13.4. The molecule has 2 aromatic heterocycles. The molecule has 2 atom stereocenters. The molecule has 4 heteroatoms. The molecule has 3 heterocycles. The van der Waals surface area contributed by atoms with Gasteiger partial charge in [-0.2, -0.15) is 0 Å². The van der Waals surface area contributed by atoms with Gasteiger partial charge < -0.3 is 18.6 Å². The summed E-state index contributed by atoms with van der Waals surface area (Å²) in [4.78, 5) is 5.27. The second kappa shape index (κ2) is 14.7. The van der Waals surface area contributed by atoms with E-state index in [4.69, 9.17) is 8.83 Å². The minimum absolute atomic E-state index is 0.0381. The highest BCUT2D eigenvalue weighted by Crippen LogP contribution is 2.58. The Hall–Kier alpha value is -7.04. The van der Waals surface area contributed by atoms with Crippen LogP contribution in [0, 0.1) is 11.8 Å². The first kappa shape index (κ1) is 41.0. The Morgan fingerprint density at radius 3 is 2.26 bits per heavy atom. The van der Waals surface area contributed by atoms with Crippen LogP contribution in [-0.2, 0) is 18.3 Å². The molecule has 14 rings (SSSR count). The first-order valence-electron chi connectivity index (χ1n) is 25.6. The van der Waals surface area contributed by atoms with Crippen molar-refractivity contribution in [2.24, 2.45) is 11.8 Å². The van der Waals surface area contributed by atoms with Crippen LogP contribution in [0.3, 0.4) is 0 Å². The summed E-state index contributed by atoms with van der Waals surface area (Å²) in [5, 5.41) is 11.7. The third-order valence-corrected chi connectivity index (χ3v) is 16.9. The lowest BCUT2D eigenvalue weighted by Crippen LogP contribution is -2.30. The van der Waals surface area contributed by atoms with Crippen molar-refractivity contribution in [3.63, 3.8) is 0 Å². The van der Waals surface area contributed by atoms with Crippen LogP contribution in [0.1, 0.15) is 119 Å². The third-order valence-electron chi connectivity index (χ3n) is 16.9. The van der Waals surface area contributed by atoms with Gasteiger partial charge in [-0.05, 0) is 136 Å². The SMILES string of the molecule is CC(C)c1cc(N(C2=CCCc3c2oc2ccccc32)C2=CC=CCC2C(C)C)c2cc3c4c(cc(N5c6ccccc6C(C)c6ccc7c(oc8ccccc87)c65)c5ccc1c2c54)CCC3(C)C. The summed E-state index contributed by atoms with van der Waals surface area (Å²) < 4.78 is 14.0. The van der Waals surface area contributed by atoms with Crippen molar-refractivity contribution >= 4 is 93.7 Å². The Morgan fingerprint density at radius 1 is 0.681 bits per heavy atom. The van der Waals surface area contributed by atoms with Gasteiger partial charge in [-0.15, -0.1) is 0 Å². The van der Waals surface area contributed by atoms with Gasteiger partial charge in [0.05, 0.1) is 28.4 Å². The van der Waals surface area contributed by atoms with E-state index in [9.17, 15) is 0 Å². The minimum Gasteiger partial charge on any atom is -0.454 e. The number of allylic oxidation sites excluding steroid dienone is 5. The standard InChI is InChI=1S/C65H58N2O2/c1-36(2)40-17-8-12-22-52(40)66(54-24-16-21-46-43-19-10-14-25-57(43)68-63(46)54)56-35-49(37(3)4)45-28-30-48-55(33-39-31-32-65(6,7)51-34-50(56)60(45)61(48)59(39)51)67-53-23-13-9-18-41(53)38(5)42-27-29-47-44-20-11-15-26-58(44)69-64(47)62(42)67/h8-15,18-20,22-30,33-38,40H,16-17,21,31-32H2,1-7H3. The van der Waals surface area contributed by atoms with Gasteiger partial charge in [0.25, 0.3) is 0 Å². The molecule has 10 aromatic rings. The van der Waals surface area contributed by atoms with Crippen LogP contribution in [0.25, 0.3) is 70.9 Å². The summed E-state index contributed by atoms with van der Waals surface area (Å²) in [6.07, 6.45) is 14.6. The van der Waals surface area contributed by atoms with Gasteiger partial charge in [0.2, 0.25) is 0 Å². The molecular weight excluding hydrogens is 841 g/mol. The lowest BCUT2D eigenvalue weighted by Gasteiger charge is -2.40. The van der Waals surface area contributed by atoms with Gasteiger partial charge in [0.1, 0.15) is 11.2 Å². The number of hydrogen-bond acceptors (Lipinski definition) is 4. The van der Waals surface area contributed by atoms with Crippen LogP contribution < -0.4 is 9.80 Å². The van der Waals surface area contributed by atoms with E-state index in [0.29, 0.717) is 11.8 Å². The number of fused-ring (bicyclic) bond motifs is 9. The first-order chi connectivity index (χ1) is 33.6. The molecule has 0 amide bonds. The second-order valence-electron chi connectivity index (χ2n) is 21.9. The number of rotatable bonds is 6. The van der Waals surface area contributed by atoms with E-state index in [0.717, 1.165) is 71.1 Å². The van der Waals surface area contributed by atoms with Crippen LogP contribution in [0.5, 0.6) is 0 Å². The maximum atomic E-state index is 7.03. The summed E-state index contributed by atoms with van der Waals surface area (Å²) in [5.74, 6) is 2.25. The van der Waals surface area contributed by atoms with Crippen LogP contribution in [0.15, 0.2) is 154 Å². The second-order valence-corrected chi connectivity index (χ2v) is 21.9. The summed E-state index contributed by atoms with van der Waals surface area (Å²) >= 11 is 0. The average molecular weight is 899 g/mol. The maximum Gasteiger partial charge on any atom is 0.159 e. The molecule has 0 fully saturated rings. The Bertz CT molecular complexity index is 3900. The molecule has 0 radical (unpaired) electrons. The van der Waals surface area contributed by atoms with Crippen molar-refractivity contribution < 1.29 is 8.83 Å². The van der Waals surface area contributed by atoms with E-state index in [2.05, 4.69) is 198 Å². The third kappa shape index (κ3) is 5.69. The average Bonchev–Trinajstić information content (AvgIpc) is 3.95. The minimum atomic E-state index is -0.0381. The van der Waals surface area contributed by atoms with Crippen molar-refractivity contribution in [1.29, 1.82) is 0 Å². The number of anilines is 4. The van der Waals surface area contributed by atoms with Crippen LogP contribution >= 0.6 is 0 Å². The van der Waals surface area contributed by atoms with Crippen LogP contribution in [-0.4, -0.2) is 0 Å². The highest BCUT2D eigenvalue weighted by Gasteiger charge is 2.39. The highest BCUT2D eigenvalue weighted by atomic mass is 16.3. The fraction of sp³-hybridized carbons (Fsp3) is 0.262. The van der Waals surface area contributed by atoms with E-state index < -0.39 is 0 Å². The molecule has 2 unspecified atom stereocenters. The van der Waals surface area contributed by atoms with Crippen molar-refractivity contribution in [3.8, 4) is 0 Å². The van der Waals surface area contributed by atoms with E-state index >= 15 is 0 Å². The van der Waals surface area contributed by atoms with Crippen molar-refractivity contribution in [3.05, 3.63) is 184 Å². The quantitative estimate of drug-likeness (QED) is 0.156. The Morgan fingerprint density at radius 2 is 1.43 bits per heavy atom. The van der Waals surface area contributed by atoms with E-state index in [-0.39, 0.29) is 17.3 Å². The Balaban J connectivity index is 1.13. The Labute approximate surface area is 404 Å². The molecule has 4 nitrogen and oxygen atoms in total. The number of para-hydroxylation sites is 3. The zero-order valence-electron chi connectivity index (χ0n) is 40.8. The topological polar surface area (TPSA) is 32.8 Å². The van der Waals surface area contributed by atoms with Crippen molar-refractivity contribution in [2.45, 2.75) is 97.8 Å². The van der Waals surface area contributed by atoms with Gasteiger partial charge in [0, 0.05) is 55.4 Å². The predicted molar refractivity (Wildman–Crippen MR) is 290 cm³/mol. The predicted octanol–water partition coefficient (Wildman–Crippen LogP) is 18.4. The molecular formula is C65H58N2O2. The van der Waals surface area contributed by atoms with Crippen LogP contribution in [0.4, 0.5) is 22.7 Å². The smallest absolute Gasteiger partial charge is 0.159 e. The van der Waals surface area contributed by atoms with Crippen molar-refractivity contribution in [2.75, 3.05) is 9.80 Å². The molecule has 0 N–H and O–H groups in total. The highest BCUT2D eigenvalue weighted by molar-refractivity contribution is 6.31. The molecule has 0 bridgehead atoms. The largest absolute Gasteiger partial charge is 0.454 e. The summed E-state index contributed by atoms with van der Waals surface area (Å²) in [7, 11) is 0. The fourth-order valence-electron chi connectivity index (χ4n) is 13.4. The van der Waals surface area contributed by atoms with Gasteiger partial charge in [-0.1, -0.05) is 146 Å². The molecule has 8 aromatic carbocycles. The normalized spacial score (nSPS) is 18.5. The number of hydrogen-bond donors (Lipinski definition) is 0. The van der Waals surface area contributed by atoms with E-state index in [1.807, 2.05) is 0 Å². The molecule has 0 saturated carbocycles. The summed E-state index contributed by atoms with van der Waals surface area (Å²) in [6.45, 7) is 16.9. The molecule has 3 aliphatic carbocycles. The molecule has 69 heavy (non-hydrogen) atoms. The first-order valence-corrected chi connectivity index (χ1v) is 25.6. The zero-order chi connectivity index (χ0) is 46.6. The van der Waals surface area contributed by atoms with Gasteiger partial charge in [0.15, 0.2) is 11.3 Å². The monoisotopic (exact) mass is 898 g/mol. The molecule has 340 valence electrons. The number of benzene rings is 8. The zero-order valence-corrected chi connectivity index (χ0v) is 40.8. The number of aryl methyl sites for hydroxylation is 2. The number of nitrogens with zero attached hydrogens (tertiary/aromatic N) is 2. The molecule has 1 aliphatic heterocycles.